The number of rotatable bonds is 6. The molecule has 1 saturated heterocycles. The summed E-state index contributed by atoms with van der Waals surface area (Å²) in [5, 5.41) is 4.96. The number of piperidine rings is 1. The molecule has 34 heavy (non-hydrogen) atoms. The quantitative estimate of drug-likeness (QED) is 0.532. The van der Waals surface area contributed by atoms with Crippen LogP contribution in [0.2, 0.25) is 0 Å². The molecule has 1 aromatic carbocycles. The molecule has 180 valence electrons. The maximum absolute atomic E-state index is 13.0. The van der Waals surface area contributed by atoms with Crippen LogP contribution in [0, 0.1) is 5.92 Å². The van der Waals surface area contributed by atoms with Gasteiger partial charge in [-0.15, -0.1) is 11.3 Å². The predicted octanol–water partition coefficient (Wildman–Crippen LogP) is 4.47. The normalized spacial score (nSPS) is 16.8. The first kappa shape index (κ1) is 24.4. The first-order chi connectivity index (χ1) is 16.2. The number of alkyl halides is 3. The van der Waals surface area contributed by atoms with Gasteiger partial charge in [-0.05, 0) is 60.7 Å². The highest BCUT2D eigenvalue weighted by molar-refractivity contribution is 7.89. The average molecular weight is 510 g/mol. The molecular weight excluding hydrogens is 487 g/mol. The molecule has 0 spiro atoms. The Kier molecular flexibility index (Phi) is 7.06. The minimum Gasteiger partial charge on any atom is -0.343 e. The van der Waals surface area contributed by atoms with Crippen LogP contribution in [0.3, 0.4) is 0 Å². The number of amides is 1. The molecule has 1 N–H and O–H groups in total. The third-order valence-electron chi connectivity index (χ3n) is 5.74. The topological polar surface area (TPSA) is 79.4 Å². The Balaban J connectivity index is 1.41. The van der Waals surface area contributed by atoms with E-state index in [1.165, 1.54) is 15.6 Å². The van der Waals surface area contributed by atoms with E-state index >= 15 is 0 Å². The molecule has 3 heterocycles. The molecule has 0 aliphatic carbocycles. The van der Waals surface area contributed by atoms with Gasteiger partial charge in [0.25, 0.3) is 0 Å². The van der Waals surface area contributed by atoms with E-state index in [1.54, 1.807) is 12.3 Å². The highest BCUT2D eigenvalue weighted by atomic mass is 32.2. The molecule has 1 amide bonds. The fraction of sp³-hybridized carbons (Fsp3) is 0.304. The molecule has 4 rings (SSSR count). The van der Waals surface area contributed by atoms with Crippen molar-refractivity contribution in [3.63, 3.8) is 0 Å². The summed E-state index contributed by atoms with van der Waals surface area (Å²) < 4.78 is 65.3. The number of sulfonamides is 1. The summed E-state index contributed by atoms with van der Waals surface area (Å²) in [6.07, 6.45) is -2.26. The zero-order valence-electron chi connectivity index (χ0n) is 17.9. The van der Waals surface area contributed by atoms with E-state index in [4.69, 9.17) is 0 Å². The van der Waals surface area contributed by atoms with Crippen molar-refractivity contribution < 1.29 is 26.4 Å². The van der Waals surface area contributed by atoms with Crippen LogP contribution in [0.1, 0.15) is 35.0 Å². The van der Waals surface area contributed by atoms with Crippen molar-refractivity contribution in [3.05, 3.63) is 82.3 Å². The number of carbonyl (C=O) groups is 1. The maximum Gasteiger partial charge on any atom is 0.416 e. The van der Waals surface area contributed by atoms with E-state index in [2.05, 4.69) is 10.3 Å². The summed E-state index contributed by atoms with van der Waals surface area (Å²) in [5.41, 5.74) is -0.198. The number of thiophene rings is 1. The lowest BCUT2D eigenvalue weighted by molar-refractivity contribution is -0.137. The van der Waals surface area contributed by atoms with Crippen LogP contribution >= 0.6 is 11.3 Å². The molecule has 3 aromatic rings. The molecular formula is C23H22F3N3O3S2. The Morgan fingerprint density at radius 2 is 1.76 bits per heavy atom. The molecule has 0 saturated carbocycles. The molecule has 0 radical (unpaired) electrons. The van der Waals surface area contributed by atoms with Gasteiger partial charge in [-0.3, -0.25) is 9.78 Å². The summed E-state index contributed by atoms with van der Waals surface area (Å²) in [4.78, 5) is 18.1. The number of benzene rings is 1. The second-order valence-corrected chi connectivity index (χ2v) is 10.8. The second kappa shape index (κ2) is 9.85. The Labute approximate surface area is 199 Å². The zero-order valence-corrected chi connectivity index (χ0v) is 19.5. The van der Waals surface area contributed by atoms with Crippen LogP contribution in [0.15, 0.2) is 71.1 Å². The van der Waals surface area contributed by atoms with Crippen LogP contribution in [-0.4, -0.2) is 36.7 Å². The smallest absolute Gasteiger partial charge is 0.343 e. The number of nitrogens with zero attached hydrogens (tertiary/aromatic N) is 2. The fourth-order valence-electron chi connectivity index (χ4n) is 3.88. The summed E-state index contributed by atoms with van der Waals surface area (Å²) in [7, 11) is -3.95. The molecule has 11 heteroatoms. The van der Waals surface area contributed by atoms with Crippen LogP contribution in [0.25, 0.3) is 0 Å². The number of carbonyl (C=O) groups excluding carboxylic acids is 1. The SMILES string of the molecule is O=C(NC(c1ccccn1)c1cccs1)C1CCN(S(=O)(=O)c2ccc(C(F)(F)F)cc2)CC1. The minimum atomic E-state index is -4.54. The number of halogens is 3. The van der Waals surface area contributed by atoms with Gasteiger partial charge >= 0.3 is 6.18 Å². The highest BCUT2D eigenvalue weighted by Gasteiger charge is 2.35. The van der Waals surface area contributed by atoms with Gasteiger partial charge in [-0.2, -0.15) is 17.5 Å². The average Bonchev–Trinajstić information content (AvgIpc) is 3.37. The Hall–Kier alpha value is -2.76. The maximum atomic E-state index is 13.0. The zero-order chi connectivity index (χ0) is 24.3. The van der Waals surface area contributed by atoms with Crippen LogP contribution < -0.4 is 5.32 Å². The van der Waals surface area contributed by atoms with Crippen LogP contribution in [0.5, 0.6) is 0 Å². The summed E-state index contributed by atoms with van der Waals surface area (Å²) in [5.74, 6) is -0.569. The van der Waals surface area contributed by atoms with E-state index in [1.807, 2.05) is 29.6 Å². The predicted molar refractivity (Wildman–Crippen MR) is 121 cm³/mol. The molecule has 0 bridgehead atoms. The number of aromatic nitrogens is 1. The van der Waals surface area contributed by atoms with E-state index in [9.17, 15) is 26.4 Å². The van der Waals surface area contributed by atoms with Gasteiger partial charge in [-0.25, -0.2) is 8.42 Å². The molecule has 6 nitrogen and oxygen atoms in total. The van der Waals surface area contributed by atoms with Crippen molar-refractivity contribution in [2.24, 2.45) is 5.92 Å². The van der Waals surface area contributed by atoms with Crippen molar-refractivity contribution in [1.82, 2.24) is 14.6 Å². The fourth-order valence-corrected chi connectivity index (χ4v) is 6.13. The first-order valence-corrected chi connectivity index (χ1v) is 12.9. The van der Waals surface area contributed by atoms with Gasteiger partial charge < -0.3 is 5.32 Å². The molecule has 2 aromatic heterocycles. The third-order valence-corrected chi connectivity index (χ3v) is 8.59. The van der Waals surface area contributed by atoms with E-state index in [0.29, 0.717) is 18.5 Å². The Bertz CT molecular complexity index is 1210. The number of hydrogen-bond acceptors (Lipinski definition) is 5. The lowest BCUT2D eigenvalue weighted by atomic mass is 9.96. The summed E-state index contributed by atoms with van der Waals surface area (Å²) in [6.45, 7) is 0.212. The van der Waals surface area contributed by atoms with Gasteiger partial charge in [0.05, 0.1) is 16.2 Å². The first-order valence-electron chi connectivity index (χ1n) is 10.6. The van der Waals surface area contributed by atoms with Crippen molar-refractivity contribution in [2.75, 3.05) is 13.1 Å². The Morgan fingerprint density at radius 3 is 2.32 bits per heavy atom. The van der Waals surface area contributed by atoms with Crippen molar-refractivity contribution in [1.29, 1.82) is 0 Å². The minimum absolute atomic E-state index is 0.106. The standard InChI is InChI=1S/C23H22F3N3O3S2/c24-23(25,26)17-6-8-18(9-7-17)34(31,32)29-13-10-16(11-14-29)22(30)28-21(20-5-3-15-33-20)19-4-1-2-12-27-19/h1-9,12,15-16,21H,10-11,13-14H2,(H,28,30). The number of hydrogen-bond donors (Lipinski definition) is 1. The van der Waals surface area contributed by atoms with Gasteiger partial charge in [0.2, 0.25) is 15.9 Å². The van der Waals surface area contributed by atoms with Crippen LogP contribution in [-0.2, 0) is 21.0 Å². The highest BCUT2D eigenvalue weighted by Crippen LogP contribution is 2.31. The second-order valence-electron chi connectivity index (χ2n) is 7.91. The third kappa shape index (κ3) is 5.31. The molecule has 1 aliphatic rings. The monoisotopic (exact) mass is 509 g/mol. The van der Waals surface area contributed by atoms with E-state index in [-0.39, 0.29) is 29.8 Å². The summed E-state index contributed by atoms with van der Waals surface area (Å²) in [6, 6.07) is 12.3. The van der Waals surface area contributed by atoms with Crippen LogP contribution in [0.4, 0.5) is 13.2 Å². The molecule has 1 fully saturated rings. The Morgan fingerprint density at radius 1 is 1.06 bits per heavy atom. The van der Waals surface area contributed by atoms with Gasteiger partial charge in [0.1, 0.15) is 6.04 Å². The van der Waals surface area contributed by atoms with Gasteiger partial charge in [0.15, 0.2) is 0 Å². The van der Waals surface area contributed by atoms with Gasteiger partial charge in [-0.1, -0.05) is 12.1 Å². The van der Waals surface area contributed by atoms with Crippen molar-refractivity contribution in [3.8, 4) is 0 Å². The molecule has 1 unspecified atom stereocenters. The van der Waals surface area contributed by atoms with E-state index < -0.39 is 27.8 Å². The molecule has 1 aliphatic heterocycles. The lowest BCUT2D eigenvalue weighted by Crippen LogP contribution is -2.43. The van der Waals surface area contributed by atoms with Crippen molar-refractivity contribution in [2.45, 2.75) is 30.0 Å². The van der Waals surface area contributed by atoms with Crippen molar-refractivity contribution >= 4 is 27.3 Å². The number of pyridine rings is 1. The van der Waals surface area contributed by atoms with Gasteiger partial charge in [0, 0.05) is 30.1 Å². The van der Waals surface area contributed by atoms with E-state index in [0.717, 1.165) is 29.1 Å². The largest absolute Gasteiger partial charge is 0.416 e. The lowest BCUT2D eigenvalue weighted by Gasteiger charge is -2.31. The number of nitrogens with one attached hydrogen (secondary N) is 1. The molecule has 1 atom stereocenters. The summed E-state index contributed by atoms with van der Waals surface area (Å²) >= 11 is 1.51.